The van der Waals surface area contributed by atoms with Gasteiger partial charge < -0.3 is 52.9 Å². The van der Waals surface area contributed by atoms with Gasteiger partial charge >= 0.3 is 12.2 Å². The third kappa shape index (κ3) is 8.96. The van der Waals surface area contributed by atoms with E-state index in [1.54, 1.807) is 28.9 Å². The highest BCUT2D eigenvalue weighted by Crippen LogP contribution is 2.46. The van der Waals surface area contributed by atoms with E-state index in [4.69, 9.17) is 32.8 Å². The van der Waals surface area contributed by atoms with Crippen molar-refractivity contribution in [2.75, 3.05) is 63.5 Å². The maximum Gasteiger partial charge on any atom is 0.416 e. The van der Waals surface area contributed by atoms with Crippen molar-refractivity contribution < 1.29 is 62.2 Å². The molecule has 2 N–H and O–H groups in total. The number of amides is 4. The van der Waals surface area contributed by atoms with Gasteiger partial charge in [0, 0.05) is 31.6 Å². The summed E-state index contributed by atoms with van der Waals surface area (Å²) in [5, 5.41) is 21.1. The van der Waals surface area contributed by atoms with Crippen LogP contribution in [0.1, 0.15) is 67.7 Å². The molecule has 0 bridgehead atoms. The highest BCUT2D eigenvalue weighted by Gasteiger charge is 2.52. The zero-order valence-corrected chi connectivity index (χ0v) is 37.9. The third-order valence-electron chi connectivity index (χ3n) is 12.3. The number of carbonyl (C=O) groups excluding carboxylic acids is 4. The summed E-state index contributed by atoms with van der Waals surface area (Å²) in [5.74, 6) is 0.238. The van der Waals surface area contributed by atoms with Crippen LogP contribution in [0.3, 0.4) is 0 Å². The molecule has 0 spiro atoms. The van der Waals surface area contributed by atoms with E-state index in [0.717, 1.165) is 0 Å². The van der Waals surface area contributed by atoms with Crippen LogP contribution >= 0.6 is 0 Å². The first-order valence-corrected chi connectivity index (χ1v) is 23.8. The second kappa shape index (κ2) is 18.6. The summed E-state index contributed by atoms with van der Waals surface area (Å²) >= 11 is 0. The first kappa shape index (κ1) is 46.2. The minimum absolute atomic E-state index is 0.0427. The monoisotopic (exact) mass is 880 g/mol. The molecular formula is C44H60N4O13Si. The lowest BCUT2D eigenvalue weighted by atomic mass is 10.0. The van der Waals surface area contributed by atoms with Crippen molar-refractivity contribution in [1.29, 1.82) is 0 Å². The molecule has 2 saturated heterocycles. The Morgan fingerprint density at radius 2 is 1.21 bits per heavy atom. The maximum absolute atomic E-state index is 14.3. The van der Waals surface area contributed by atoms with Crippen molar-refractivity contribution in [3.8, 4) is 23.0 Å². The average molecular weight is 881 g/mol. The molecule has 0 saturated carbocycles. The number of carbonyl (C=O) groups is 4. The highest BCUT2D eigenvalue weighted by molar-refractivity contribution is 6.74. The van der Waals surface area contributed by atoms with Crippen LogP contribution in [0.4, 0.5) is 21.0 Å². The normalized spacial score (nSPS) is 23.3. The zero-order chi connectivity index (χ0) is 45.3. The number of hydrogen-bond donors (Lipinski definition) is 2. The molecule has 4 amide bonds. The fraction of sp³-hybridized carbons (Fsp3) is 0.545. The van der Waals surface area contributed by atoms with Gasteiger partial charge in [0.05, 0.1) is 80.3 Å². The van der Waals surface area contributed by atoms with Gasteiger partial charge in [-0.15, -0.1) is 0 Å². The van der Waals surface area contributed by atoms with Crippen LogP contribution in [0.25, 0.3) is 0 Å². The molecular weight excluding hydrogens is 821 g/mol. The summed E-state index contributed by atoms with van der Waals surface area (Å²) in [4.78, 5) is 61.7. The Bertz CT molecular complexity index is 2060. The molecule has 6 atom stereocenters. The number of rotatable bonds is 14. The molecule has 0 radical (unpaired) electrons. The van der Waals surface area contributed by atoms with Gasteiger partial charge in [-0.1, -0.05) is 46.1 Å². The van der Waals surface area contributed by atoms with Gasteiger partial charge in [0.15, 0.2) is 37.5 Å². The minimum atomic E-state index is -2.62. The van der Waals surface area contributed by atoms with Crippen LogP contribution < -0.4 is 28.7 Å². The van der Waals surface area contributed by atoms with Crippen LogP contribution in [0, 0.1) is 0 Å². The van der Waals surface area contributed by atoms with Crippen LogP contribution in [0.5, 0.6) is 23.0 Å². The number of aliphatic hydroxyl groups is 2. The molecule has 4 aliphatic heterocycles. The van der Waals surface area contributed by atoms with Crippen LogP contribution in [-0.4, -0.2) is 143 Å². The molecule has 4 aliphatic rings. The lowest BCUT2D eigenvalue weighted by molar-refractivity contribution is 0.0527. The minimum Gasteiger partial charge on any atom is -0.493 e. The second-order valence-corrected chi connectivity index (χ2v) is 22.2. The molecule has 338 valence electrons. The third-order valence-corrected chi connectivity index (χ3v) is 16.8. The maximum atomic E-state index is 14.3. The summed E-state index contributed by atoms with van der Waals surface area (Å²) in [6.07, 6.45) is -0.282. The van der Waals surface area contributed by atoms with Crippen LogP contribution in [0.2, 0.25) is 18.1 Å². The number of fused-ring (bicyclic) bond motifs is 4. The van der Waals surface area contributed by atoms with E-state index in [2.05, 4.69) is 47.0 Å². The van der Waals surface area contributed by atoms with E-state index in [0.29, 0.717) is 12.8 Å². The number of methoxy groups -OCH3 is 2. The van der Waals surface area contributed by atoms with E-state index >= 15 is 0 Å². The smallest absolute Gasteiger partial charge is 0.416 e. The number of benzene rings is 2. The van der Waals surface area contributed by atoms with Crippen molar-refractivity contribution in [1.82, 2.24) is 9.80 Å². The quantitative estimate of drug-likeness (QED) is 0.133. The van der Waals surface area contributed by atoms with E-state index in [-0.39, 0.29) is 102 Å². The van der Waals surface area contributed by atoms with Gasteiger partial charge in [0.1, 0.15) is 13.2 Å². The lowest BCUT2D eigenvalue weighted by Gasteiger charge is -2.44. The molecule has 4 heterocycles. The summed E-state index contributed by atoms with van der Waals surface area (Å²) < 4.78 is 41.9. The van der Waals surface area contributed by atoms with Crippen LogP contribution in [0.15, 0.2) is 49.6 Å². The number of aliphatic hydroxyl groups excluding tert-OH is 2. The Balaban J connectivity index is 1.28. The van der Waals surface area contributed by atoms with Crippen molar-refractivity contribution in [3.63, 3.8) is 0 Å². The molecule has 0 aliphatic carbocycles. The second-order valence-electron chi connectivity index (χ2n) is 17.4. The summed E-state index contributed by atoms with van der Waals surface area (Å²) in [7, 11) is 0.268. The van der Waals surface area contributed by atoms with Crippen molar-refractivity contribution in [2.45, 2.75) is 102 Å². The molecule has 6 rings (SSSR count). The van der Waals surface area contributed by atoms with Gasteiger partial charge in [0.25, 0.3) is 11.8 Å². The number of ether oxygens (including phenoxy) is 6. The highest BCUT2D eigenvalue weighted by atomic mass is 28.4. The Morgan fingerprint density at radius 3 is 1.68 bits per heavy atom. The molecule has 18 heteroatoms. The van der Waals surface area contributed by atoms with Gasteiger partial charge in [0.2, 0.25) is 0 Å². The van der Waals surface area contributed by atoms with Crippen molar-refractivity contribution in [3.05, 3.63) is 60.7 Å². The van der Waals surface area contributed by atoms with E-state index in [9.17, 15) is 29.4 Å². The first-order valence-electron chi connectivity index (χ1n) is 20.9. The number of anilines is 2. The van der Waals surface area contributed by atoms with Crippen molar-refractivity contribution >= 4 is 43.7 Å². The van der Waals surface area contributed by atoms with Gasteiger partial charge in [-0.3, -0.25) is 14.5 Å². The largest absolute Gasteiger partial charge is 0.493 e. The topological polar surface area (TPSA) is 186 Å². The number of hydrogen-bond acceptors (Lipinski definition) is 13. The average Bonchev–Trinajstić information content (AvgIpc) is 3.79. The molecule has 2 fully saturated rings. The van der Waals surface area contributed by atoms with Crippen molar-refractivity contribution in [2.24, 2.45) is 0 Å². The summed E-state index contributed by atoms with van der Waals surface area (Å²) in [5.41, 5.74) is 0.823. The van der Waals surface area contributed by atoms with E-state index < -0.39 is 63.0 Å². The SMILES string of the molecule is C=CCOC(=O)N1c2cc(OCCCOc3cc4c(cc3OC)C(=O)N3C[C@@H](O)C[C@H]3[C@H](O[Si](C)(C)C(C)(C)C)N4C(=O)OCC=C)c(OC)cc2C(=O)N2C[C@@H](O)C[C@H]2[C@@H]1C. The fourth-order valence-corrected chi connectivity index (χ4v) is 9.39. The Morgan fingerprint density at radius 1 is 0.758 bits per heavy atom. The zero-order valence-electron chi connectivity index (χ0n) is 36.9. The summed E-state index contributed by atoms with van der Waals surface area (Å²) in [6, 6.07) is 4.52. The van der Waals surface area contributed by atoms with E-state index in [1.807, 2.05) is 0 Å². The molecule has 2 aromatic rings. The fourth-order valence-electron chi connectivity index (χ4n) is 8.17. The Labute approximate surface area is 363 Å². The molecule has 17 nitrogen and oxygen atoms in total. The van der Waals surface area contributed by atoms with E-state index in [1.165, 1.54) is 48.3 Å². The van der Waals surface area contributed by atoms with Gasteiger partial charge in [-0.25, -0.2) is 14.5 Å². The Kier molecular flexibility index (Phi) is 13.8. The van der Waals surface area contributed by atoms with Gasteiger partial charge in [-0.2, -0.15) is 0 Å². The van der Waals surface area contributed by atoms with Crippen LogP contribution in [-0.2, 0) is 13.9 Å². The molecule has 62 heavy (non-hydrogen) atoms. The molecule has 0 aromatic heterocycles. The van der Waals surface area contributed by atoms with Gasteiger partial charge in [-0.05, 0) is 50.0 Å². The summed E-state index contributed by atoms with van der Waals surface area (Å²) in [6.45, 7) is 19.7. The predicted molar refractivity (Wildman–Crippen MR) is 232 cm³/mol. The predicted octanol–water partition coefficient (Wildman–Crippen LogP) is 5.72. The molecule has 0 unspecified atom stereocenters. The first-order chi connectivity index (χ1) is 29.4. The Hall–Kier alpha value is -5.30. The lowest BCUT2D eigenvalue weighted by Crippen LogP contribution is -2.58. The standard InChI is InChI=1S/C44H60N4O13Si/c1-11-14-59-42(53)47-26(3)31-18-27(49)24-45(31)39(51)29-20-35(55-7)37(22-32(29)47)57-16-13-17-58-38-23-33-30(21-36(38)56-8)40(52)46-25-28(50)19-34(46)41(48(33)43(54)60-15-12-2)61-62(9,10)44(4,5)6/h11-12,20-23,26-28,31,34,41,49-50H,1-2,13-19,24-25H2,3-10H3/t26-,27-,28-,31-,34-,41-/m0/s1. The number of nitrogens with zero attached hydrogens (tertiary/aromatic N) is 4. The molecule has 2 aromatic carbocycles.